The maximum Gasteiger partial charge on any atom is 0.263 e. The number of rotatable bonds is 3. The number of benzene rings is 1. The smallest absolute Gasteiger partial charge is 0.263 e. The van der Waals surface area contributed by atoms with Crippen molar-refractivity contribution in [1.29, 1.82) is 0 Å². The van der Waals surface area contributed by atoms with Gasteiger partial charge >= 0.3 is 0 Å². The minimum absolute atomic E-state index is 0.199. The van der Waals surface area contributed by atoms with Crippen LogP contribution in [0.1, 0.15) is 15.2 Å². The number of thiophene rings is 1. The van der Waals surface area contributed by atoms with Crippen molar-refractivity contribution in [3.05, 3.63) is 58.1 Å². The van der Waals surface area contributed by atoms with E-state index in [0.717, 1.165) is 10.3 Å². The molecule has 0 bridgehead atoms. The second-order valence-electron chi connectivity index (χ2n) is 4.51. The van der Waals surface area contributed by atoms with E-state index in [9.17, 15) is 4.79 Å². The van der Waals surface area contributed by atoms with E-state index in [1.807, 2.05) is 30.3 Å². The zero-order valence-electron chi connectivity index (χ0n) is 11.0. The van der Waals surface area contributed by atoms with E-state index in [-0.39, 0.29) is 5.91 Å². The molecule has 4 nitrogen and oxygen atoms in total. The lowest BCUT2D eigenvalue weighted by Gasteiger charge is -2.05. The molecule has 2 heterocycles. The maximum atomic E-state index is 12.3. The molecule has 0 aliphatic carbocycles. The number of aromatic nitrogens is 1. The van der Waals surface area contributed by atoms with Gasteiger partial charge in [0.05, 0.1) is 10.4 Å². The lowest BCUT2D eigenvalue weighted by molar-refractivity contribution is 0.0956. The average Bonchev–Trinajstić information content (AvgIpc) is 2.83. The fourth-order valence-electron chi connectivity index (χ4n) is 2.03. The van der Waals surface area contributed by atoms with Gasteiger partial charge in [0.25, 0.3) is 5.91 Å². The van der Waals surface area contributed by atoms with Crippen LogP contribution in [0.4, 0.5) is 5.69 Å². The van der Waals surface area contributed by atoms with Crippen LogP contribution >= 0.6 is 22.9 Å². The van der Waals surface area contributed by atoms with Crippen LogP contribution in [-0.2, 0) is 6.54 Å². The SMILES string of the molecule is Nc1c(C(=O)NCc2cccc(Cl)c2)sc2cccnc12. The summed E-state index contributed by atoms with van der Waals surface area (Å²) < 4.78 is 0.905. The summed E-state index contributed by atoms with van der Waals surface area (Å²) in [5, 5.41) is 3.49. The van der Waals surface area contributed by atoms with Gasteiger partial charge in [-0.1, -0.05) is 23.7 Å². The highest BCUT2D eigenvalue weighted by Gasteiger charge is 2.16. The molecule has 0 fully saturated rings. The number of pyridine rings is 1. The molecule has 0 radical (unpaired) electrons. The van der Waals surface area contributed by atoms with Crippen LogP contribution in [0.25, 0.3) is 10.2 Å². The van der Waals surface area contributed by atoms with Gasteiger partial charge in [-0.2, -0.15) is 0 Å². The molecule has 0 spiro atoms. The Kier molecular flexibility index (Phi) is 3.77. The van der Waals surface area contributed by atoms with Crippen LogP contribution in [-0.4, -0.2) is 10.9 Å². The summed E-state index contributed by atoms with van der Waals surface area (Å²) in [6.07, 6.45) is 1.67. The number of carbonyl (C=O) groups is 1. The molecule has 0 atom stereocenters. The molecule has 6 heteroatoms. The van der Waals surface area contributed by atoms with Crippen molar-refractivity contribution in [2.75, 3.05) is 5.73 Å². The maximum absolute atomic E-state index is 12.3. The molecular weight excluding hydrogens is 306 g/mol. The number of hydrogen-bond donors (Lipinski definition) is 2. The van der Waals surface area contributed by atoms with Gasteiger partial charge in [0.15, 0.2) is 0 Å². The van der Waals surface area contributed by atoms with Crippen LogP contribution in [0.2, 0.25) is 5.02 Å². The summed E-state index contributed by atoms with van der Waals surface area (Å²) in [6, 6.07) is 11.1. The normalized spacial score (nSPS) is 10.7. The lowest BCUT2D eigenvalue weighted by atomic mass is 10.2. The Labute approximate surface area is 130 Å². The summed E-state index contributed by atoms with van der Waals surface area (Å²) in [7, 11) is 0. The van der Waals surface area contributed by atoms with E-state index in [1.54, 1.807) is 12.3 Å². The molecule has 3 N–H and O–H groups in total. The third kappa shape index (κ3) is 2.84. The Hall–Kier alpha value is -2.11. The molecule has 2 aromatic heterocycles. The first-order valence-corrected chi connectivity index (χ1v) is 7.50. The topological polar surface area (TPSA) is 68.0 Å². The molecule has 0 saturated carbocycles. The Morgan fingerprint density at radius 2 is 2.19 bits per heavy atom. The number of halogens is 1. The summed E-state index contributed by atoms with van der Waals surface area (Å²) in [4.78, 5) is 16.9. The second-order valence-corrected chi connectivity index (χ2v) is 6.00. The van der Waals surface area contributed by atoms with E-state index in [2.05, 4.69) is 10.3 Å². The van der Waals surface area contributed by atoms with Crippen LogP contribution in [0.5, 0.6) is 0 Å². The molecule has 3 aromatic rings. The van der Waals surface area contributed by atoms with Crippen LogP contribution < -0.4 is 11.1 Å². The number of carbonyl (C=O) groups excluding carboxylic acids is 1. The molecular formula is C15H12ClN3OS. The van der Waals surface area contributed by atoms with Crippen molar-refractivity contribution < 1.29 is 4.79 Å². The predicted octanol–water partition coefficient (Wildman–Crippen LogP) is 3.46. The Bertz CT molecular complexity index is 816. The quantitative estimate of drug-likeness (QED) is 0.777. The molecule has 0 aliphatic heterocycles. The summed E-state index contributed by atoms with van der Waals surface area (Å²) in [5.41, 5.74) is 8.04. The minimum Gasteiger partial charge on any atom is -0.396 e. The Balaban J connectivity index is 1.79. The van der Waals surface area contributed by atoms with Crippen molar-refractivity contribution in [2.45, 2.75) is 6.54 Å². The first-order chi connectivity index (χ1) is 10.1. The van der Waals surface area contributed by atoms with Gasteiger partial charge in [-0.05, 0) is 29.8 Å². The third-order valence-electron chi connectivity index (χ3n) is 3.03. The lowest BCUT2D eigenvalue weighted by Crippen LogP contribution is -2.22. The summed E-state index contributed by atoms with van der Waals surface area (Å²) >= 11 is 7.26. The third-order valence-corrected chi connectivity index (χ3v) is 4.42. The fraction of sp³-hybridized carbons (Fsp3) is 0.0667. The van der Waals surface area contributed by atoms with E-state index in [0.29, 0.717) is 27.6 Å². The Morgan fingerprint density at radius 1 is 1.33 bits per heavy atom. The molecule has 0 unspecified atom stereocenters. The van der Waals surface area contributed by atoms with Crippen LogP contribution in [0.3, 0.4) is 0 Å². The number of anilines is 1. The monoisotopic (exact) mass is 317 g/mol. The number of amides is 1. The van der Waals surface area contributed by atoms with Gasteiger partial charge in [0.1, 0.15) is 10.4 Å². The fourth-order valence-corrected chi connectivity index (χ4v) is 3.24. The summed E-state index contributed by atoms with van der Waals surface area (Å²) in [6.45, 7) is 0.403. The van der Waals surface area contributed by atoms with Crippen LogP contribution in [0, 0.1) is 0 Å². The second kappa shape index (κ2) is 5.71. The molecule has 21 heavy (non-hydrogen) atoms. The van der Waals surface area contributed by atoms with E-state index < -0.39 is 0 Å². The van der Waals surface area contributed by atoms with E-state index in [1.165, 1.54) is 11.3 Å². The van der Waals surface area contributed by atoms with Crippen molar-refractivity contribution >= 4 is 44.7 Å². The Morgan fingerprint density at radius 3 is 2.95 bits per heavy atom. The zero-order valence-corrected chi connectivity index (χ0v) is 12.5. The number of nitrogens with two attached hydrogens (primary N) is 1. The van der Waals surface area contributed by atoms with Gasteiger partial charge in [0, 0.05) is 17.8 Å². The van der Waals surface area contributed by atoms with Crippen molar-refractivity contribution in [1.82, 2.24) is 10.3 Å². The first-order valence-electron chi connectivity index (χ1n) is 6.31. The van der Waals surface area contributed by atoms with E-state index >= 15 is 0 Å². The van der Waals surface area contributed by atoms with Gasteiger partial charge in [-0.3, -0.25) is 9.78 Å². The van der Waals surface area contributed by atoms with Gasteiger partial charge in [-0.15, -0.1) is 11.3 Å². The number of nitrogens with one attached hydrogen (secondary N) is 1. The standard InChI is InChI=1S/C15H12ClN3OS/c16-10-4-1-3-9(7-10)8-19-15(20)14-12(17)13-11(21-14)5-2-6-18-13/h1-7H,8,17H2,(H,19,20). The van der Waals surface area contributed by atoms with Crippen molar-refractivity contribution in [2.24, 2.45) is 0 Å². The number of fused-ring (bicyclic) bond motifs is 1. The van der Waals surface area contributed by atoms with Crippen molar-refractivity contribution in [3.63, 3.8) is 0 Å². The number of hydrogen-bond acceptors (Lipinski definition) is 4. The molecule has 1 amide bonds. The van der Waals surface area contributed by atoms with Gasteiger partial charge < -0.3 is 11.1 Å². The molecule has 0 saturated heterocycles. The highest BCUT2D eigenvalue weighted by atomic mass is 35.5. The largest absolute Gasteiger partial charge is 0.396 e. The molecule has 3 rings (SSSR count). The number of nitrogen functional groups attached to an aromatic ring is 1. The predicted molar refractivity (Wildman–Crippen MR) is 86.7 cm³/mol. The van der Waals surface area contributed by atoms with Crippen molar-refractivity contribution in [3.8, 4) is 0 Å². The van der Waals surface area contributed by atoms with Crippen LogP contribution in [0.15, 0.2) is 42.6 Å². The average molecular weight is 318 g/mol. The van der Waals surface area contributed by atoms with Gasteiger partial charge in [0.2, 0.25) is 0 Å². The molecule has 1 aromatic carbocycles. The summed E-state index contributed by atoms with van der Waals surface area (Å²) in [5.74, 6) is -0.199. The highest BCUT2D eigenvalue weighted by molar-refractivity contribution is 7.21. The zero-order chi connectivity index (χ0) is 14.8. The van der Waals surface area contributed by atoms with Gasteiger partial charge in [-0.25, -0.2) is 0 Å². The highest BCUT2D eigenvalue weighted by Crippen LogP contribution is 2.31. The molecule has 0 aliphatic rings. The van der Waals surface area contributed by atoms with E-state index in [4.69, 9.17) is 17.3 Å². The number of nitrogens with zero attached hydrogens (tertiary/aromatic N) is 1. The first kappa shape index (κ1) is 13.9. The minimum atomic E-state index is -0.199. The molecule has 106 valence electrons.